The monoisotopic (exact) mass is 351 g/mol. The lowest BCUT2D eigenvalue weighted by molar-refractivity contribution is -0.122. The van der Waals surface area contributed by atoms with Gasteiger partial charge in [-0.3, -0.25) is 9.78 Å². The summed E-state index contributed by atoms with van der Waals surface area (Å²) in [5.74, 6) is 0.0946. The van der Waals surface area contributed by atoms with E-state index in [4.69, 9.17) is 0 Å². The number of carbonyl (C=O) groups excluding carboxylic acids is 1. The molecule has 0 saturated carbocycles. The maximum atomic E-state index is 12.7. The predicted molar refractivity (Wildman–Crippen MR) is 105 cm³/mol. The van der Waals surface area contributed by atoms with Crippen molar-refractivity contribution >= 4 is 5.91 Å². The van der Waals surface area contributed by atoms with Crippen LogP contribution >= 0.6 is 0 Å². The van der Waals surface area contributed by atoms with Crippen LogP contribution in [0, 0.1) is 6.92 Å². The molecule has 2 atom stereocenters. The Morgan fingerprint density at radius 1 is 1.23 bits per heavy atom. The van der Waals surface area contributed by atoms with Gasteiger partial charge in [0.1, 0.15) is 0 Å². The Bertz CT molecular complexity index is 699. The second-order valence-electron chi connectivity index (χ2n) is 7.33. The van der Waals surface area contributed by atoms with E-state index in [0.717, 1.165) is 24.2 Å². The molecule has 1 aliphatic heterocycles. The zero-order valence-corrected chi connectivity index (χ0v) is 15.8. The SMILES string of the molecule is Cc1ccc([C@H](NC(=O)CCN2CCCC[C@@H]2C)c2cccnc2)cc1. The highest BCUT2D eigenvalue weighted by molar-refractivity contribution is 5.77. The molecule has 138 valence electrons. The minimum absolute atomic E-state index is 0.0946. The summed E-state index contributed by atoms with van der Waals surface area (Å²) >= 11 is 0. The smallest absolute Gasteiger partial charge is 0.222 e. The van der Waals surface area contributed by atoms with E-state index in [1.165, 1.54) is 24.8 Å². The van der Waals surface area contributed by atoms with Crippen molar-refractivity contribution in [2.24, 2.45) is 0 Å². The van der Waals surface area contributed by atoms with Gasteiger partial charge in [-0.2, -0.15) is 0 Å². The van der Waals surface area contributed by atoms with Gasteiger partial charge in [0, 0.05) is 31.4 Å². The van der Waals surface area contributed by atoms with E-state index in [2.05, 4.69) is 53.3 Å². The van der Waals surface area contributed by atoms with E-state index in [0.29, 0.717) is 12.5 Å². The Balaban J connectivity index is 1.67. The van der Waals surface area contributed by atoms with Crippen LogP contribution in [0.15, 0.2) is 48.8 Å². The van der Waals surface area contributed by atoms with Gasteiger partial charge in [0.25, 0.3) is 0 Å². The number of amides is 1. The molecule has 1 aliphatic rings. The van der Waals surface area contributed by atoms with Crippen molar-refractivity contribution in [3.05, 3.63) is 65.5 Å². The molecule has 0 aliphatic carbocycles. The second-order valence-corrected chi connectivity index (χ2v) is 7.33. The predicted octanol–water partition coefficient (Wildman–Crippen LogP) is 3.86. The van der Waals surface area contributed by atoms with E-state index < -0.39 is 0 Å². The molecule has 2 aromatic rings. The van der Waals surface area contributed by atoms with Gasteiger partial charge in [0.2, 0.25) is 5.91 Å². The molecule has 1 aromatic heterocycles. The Morgan fingerprint density at radius 2 is 2.04 bits per heavy atom. The van der Waals surface area contributed by atoms with E-state index in [1.54, 1.807) is 6.20 Å². The lowest BCUT2D eigenvalue weighted by atomic mass is 9.99. The molecule has 4 nitrogen and oxygen atoms in total. The highest BCUT2D eigenvalue weighted by atomic mass is 16.1. The summed E-state index contributed by atoms with van der Waals surface area (Å²) in [7, 11) is 0. The highest BCUT2D eigenvalue weighted by Crippen LogP contribution is 2.22. The van der Waals surface area contributed by atoms with Crippen LogP contribution < -0.4 is 5.32 Å². The van der Waals surface area contributed by atoms with Crippen LogP contribution in [0.1, 0.15) is 55.3 Å². The third-order valence-corrected chi connectivity index (χ3v) is 5.30. The fraction of sp³-hybridized carbons (Fsp3) is 0.455. The fourth-order valence-electron chi connectivity index (χ4n) is 3.63. The van der Waals surface area contributed by atoms with Crippen molar-refractivity contribution in [1.82, 2.24) is 15.2 Å². The maximum Gasteiger partial charge on any atom is 0.222 e. The topological polar surface area (TPSA) is 45.2 Å². The molecule has 1 N–H and O–H groups in total. The number of aromatic nitrogens is 1. The number of carbonyl (C=O) groups is 1. The van der Waals surface area contributed by atoms with Gasteiger partial charge in [0.15, 0.2) is 0 Å². The van der Waals surface area contributed by atoms with Crippen molar-refractivity contribution in [1.29, 1.82) is 0 Å². The van der Waals surface area contributed by atoms with Crippen LogP contribution in [0.25, 0.3) is 0 Å². The molecule has 26 heavy (non-hydrogen) atoms. The Kier molecular flexibility index (Phi) is 6.40. The summed E-state index contributed by atoms with van der Waals surface area (Å²) in [6, 6.07) is 12.7. The molecule has 3 rings (SSSR count). The third kappa shape index (κ3) is 4.92. The average molecular weight is 351 g/mol. The number of benzene rings is 1. The lowest BCUT2D eigenvalue weighted by Crippen LogP contribution is -2.40. The molecule has 0 spiro atoms. The van der Waals surface area contributed by atoms with Crippen LogP contribution in [0.3, 0.4) is 0 Å². The highest BCUT2D eigenvalue weighted by Gasteiger charge is 2.21. The van der Waals surface area contributed by atoms with Crippen molar-refractivity contribution in [2.75, 3.05) is 13.1 Å². The first-order chi connectivity index (χ1) is 12.6. The van der Waals surface area contributed by atoms with Gasteiger partial charge in [-0.1, -0.05) is 42.3 Å². The Morgan fingerprint density at radius 3 is 2.73 bits per heavy atom. The van der Waals surface area contributed by atoms with E-state index in [1.807, 2.05) is 18.3 Å². The summed E-state index contributed by atoms with van der Waals surface area (Å²) in [6.45, 7) is 6.28. The normalized spacial score (nSPS) is 19.1. The molecule has 0 radical (unpaired) electrons. The van der Waals surface area contributed by atoms with Crippen LogP contribution in [0.4, 0.5) is 0 Å². The molecule has 1 saturated heterocycles. The van der Waals surface area contributed by atoms with Crippen molar-refractivity contribution in [3.8, 4) is 0 Å². The number of likely N-dealkylation sites (tertiary alicyclic amines) is 1. The second kappa shape index (κ2) is 8.95. The molecule has 4 heteroatoms. The van der Waals surface area contributed by atoms with Gasteiger partial charge < -0.3 is 10.2 Å². The van der Waals surface area contributed by atoms with Gasteiger partial charge in [-0.25, -0.2) is 0 Å². The molecule has 1 aromatic carbocycles. The van der Waals surface area contributed by atoms with Crippen molar-refractivity contribution in [2.45, 2.75) is 51.6 Å². The van der Waals surface area contributed by atoms with Crippen LogP contribution in [-0.4, -0.2) is 34.9 Å². The van der Waals surface area contributed by atoms with Crippen LogP contribution in [0.2, 0.25) is 0 Å². The number of nitrogens with one attached hydrogen (secondary N) is 1. The number of nitrogens with zero attached hydrogens (tertiary/aromatic N) is 2. The van der Waals surface area contributed by atoms with Crippen LogP contribution in [-0.2, 0) is 4.79 Å². The fourth-order valence-corrected chi connectivity index (χ4v) is 3.63. The zero-order valence-electron chi connectivity index (χ0n) is 15.8. The summed E-state index contributed by atoms with van der Waals surface area (Å²) < 4.78 is 0. The van der Waals surface area contributed by atoms with Crippen LogP contribution in [0.5, 0.6) is 0 Å². The zero-order chi connectivity index (χ0) is 18.4. The largest absolute Gasteiger partial charge is 0.345 e. The summed E-state index contributed by atoms with van der Waals surface area (Å²) in [5.41, 5.74) is 3.31. The number of piperidine rings is 1. The molecule has 0 bridgehead atoms. The minimum Gasteiger partial charge on any atom is -0.345 e. The number of hydrogen-bond acceptors (Lipinski definition) is 3. The summed E-state index contributed by atoms with van der Waals surface area (Å²) in [5, 5.41) is 3.22. The lowest BCUT2D eigenvalue weighted by Gasteiger charge is -2.33. The molecule has 0 unspecified atom stereocenters. The third-order valence-electron chi connectivity index (χ3n) is 5.30. The Labute approximate surface area is 156 Å². The average Bonchev–Trinajstić information content (AvgIpc) is 2.67. The van der Waals surface area contributed by atoms with E-state index in [-0.39, 0.29) is 11.9 Å². The maximum absolute atomic E-state index is 12.7. The van der Waals surface area contributed by atoms with Crippen molar-refractivity contribution in [3.63, 3.8) is 0 Å². The molecule has 1 fully saturated rings. The molecular formula is C22H29N3O. The number of pyridine rings is 1. The first-order valence-corrected chi connectivity index (χ1v) is 9.63. The molecule has 2 heterocycles. The summed E-state index contributed by atoms with van der Waals surface area (Å²) in [4.78, 5) is 19.3. The van der Waals surface area contributed by atoms with Crippen molar-refractivity contribution < 1.29 is 4.79 Å². The van der Waals surface area contributed by atoms with Gasteiger partial charge in [-0.15, -0.1) is 0 Å². The number of aryl methyl sites for hydroxylation is 1. The Hall–Kier alpha value is -2.20. The van der Waals surface area contributed by atoms with Gasteiger partial charge >= 0.3 is 0 Å². The van der Waals surface area contributed by atoms with E-state index >= 15 is 0 Å². The van der Waals surface area contributed by atoms with Gasteiger partial charge in [0.05, 0.1) is 6.04 Å². The van der Waals surface area contributed by atoms with E-state index in [9.17, 15) is 4.79 Å². The standard InChI is InChI=1S/C22H29N3O/c1-17-8-10-19(11-9-17)22(20-7-5-13-23-16-20)24-21(26)12-15-25-14-4-3-6-18(25)2/h5,7-11,13,16,18,22H,3-4,6,12,14-15H2,1-2H3,(H,24,26)/t18-,22-/m0/s1. The molecule has 1 amide bonds. The minimum atomic E-state index is -0.157. The molecular weight excluding hydrogens is 322 g/mol. The number of hydrogen-bond donors (Lipinski definition) is 1. The quantitative estimate of drug-likeness (QED) is 0.859. The van der Waals surface area contributed by atoms with Gasteiger partial charge in [-0.05, 0) is 50.4 Å². The first kappa shape index (κ1) is 18.6. The first-order valence-electron chi connectivity index (χ1n) is 9.63. The summed E-state index contributed by atoms with van der Waals surface area (Å²) in [6.07, 6.45) is 7.91. The number of rotatable bonds is 6.